The summed E-state index contributed by atoms with van der Waals surface area (Å²) >= 11 is 0. The number of carbonyl (C=O) groups is 2. The summed E-state index contributed by atoms with van der Waals surface area (Å²) in [5.74, 6) is -0.664. The third-order valence-electron chi connectivity index (χ3n) is 1.79. The van der Waals surface area contributed by atoms with E-state index in [4.69, 9.17) is 0 Å². The average molecular weight is 203 g/mol. The summed E-state index contributed by atoms with van der Waals surface area (Å²) in [4.78, 5) is 22.4. The molecule has 15 heavy (non-hydrogen) atoms. The first-order valence-electron chi connectivity index (χ1n) is 4.73. The highest BCUT2D eigenvalue weighted by molar-refractivity contribution is 6.01. The van der Waals surface area contributed by atoms with Crippen molar-refractivity contribution in [3.63, 3.8) is 0 Å². The first kappa shape index (κ1) is 11.2. The van der Waals surface area contributed by atoms with Gasteiger partial charge in [0, 0.05) is 0 Å². The summed E-state index contributed by atoms with van der Waals surface area (Å²) in [6.07, 6.45) is 3.14. The van der Waals surface area contributed by atoms with Crippen LogP contribution in [0.15, 0.2) is 42.5 Å². The van der Waals surface area contributed by atoms with Gasteiger partial charge in [0.1, 0.15) is 0 Å². The van der Waals surface area contributed by atoms with Crippen LogP contribution < -0.4 is 5.32 Å². The van der Waals surface area contributed by atoms with Crippen molar-refractivity contribution in [3.05, 3.63) is 48.0 Å². The van der Waals surface area contributed by atoms with Crippen LogP contribution in [0.4, 0.5) is 0 Å². The second kappa shape index (κ2) is 5.75. The number of hydrogen-bond donors (Lipinski definition) is 1. The minimum absolute atomic E-state index is 0.226. The summed E-state index contributed by atoms with van der Waals surface area (Å²) in [5.41, 5.74) is 0.892. The van der Waals surface area contributed by atoms with E-state index in [0.29, 0.717) is 0 Å². The third kappa shape index (κ3) is 4.22. The number of imide groups is 1. The van der Waals surface area contributed by atoms with Crippen molar-refractivity contribution in [1.29, 1.82) is 0 Å². The van der Waals surface area contributed by atoms with E-state index in [-0.39, 0.29) is 18.2 Å². The standard InChI is InChI=1S/C12H13NO2/c1-2-6-11(14)13-12(15)9-10-7-4-3-5-8-10/h2-8H,9H2,1H3,(H,13,14,15)/b6-2+. The first-order chi connectivity index (χ1) is 7.22. The molecular formula is C12H13NO2. The molecule has 1 N–H and O–H groups in total. The Bertz CT molecular complexity index is 368. The molecule has 0 fully saturated rings. The molecule has 0 unspecified atom stereocenters. The van der Waals surface area contributed by atoms with Crippen LogP contribution in [0.3, 0.4) is 0 Å². The highest BCUT2D eigenvalue weighted by atomic mass is 16.2. The van der Waals surface area contributed by atoms with Gasteiger partial charge in [0.05, 0.1) is 6.42 Å². The molecule has 1 aromatic rings. The quantitative estimate of drug-likeness (QED) is 0.756. The monoisotopic (exact) mass is 203 g/mol. The fraction of sp³-hybridized carbons (Fsp3) is 0.167. The maximum Gasteiger partial charge on any atom is 0.250 e. The maximum atomic E-state index is 11.3. The van der Waals surface area contributed by atoms with E-state index in [1.807, 2.05) is 30.3 Å². The second-order valence-corrected chi connectivity index (χ2v) is 3.07. The van der Waals surface area contributed by atoms with Crippen molar-refractivity contribution in [1.82, 2.24) is 5.32 Å². The first-order valence-corrected chi connectivity index (χ1v) is 4.73. The van der Waals surface area contributed by atoms with Crippen molar-refractivity contribution in [3.8, 4) is 0 Å². The van der Waals surface area contributed by atoms with Crippen molar-refractivity contribution >= 4 is 11.8 Å². The van der Waals surface area contributed by atoms with E-state index in [0.717, 1.165) is 5.56 Å². The van der Waals surface area contributed by atoms with Gasteiger partial charge in [0.15, 0.2) is 0 Å². The van der Waals surface area contributed by atoms with Crippen LogP contribution in [0.25, 0.3) is 0 Å². The van der Waals surface area contributed by atoms with Gasteiger partial charge >= 0.3 is 0 Å². The molecule has 0 aliphatic rings. The lowest BCUT2D eigenvalue weighted by atomic mass is 10.1. The van der Waals surface area contributed by atoms with Gasteiger partial charge in [-0.05, 0) is 18.6 Å². The van der Waals surface area contributed by atoms with Crippen LogP contribution in [0.5, 0.6) is 0 Å². The summed E-state index contributed by atoms with van der Waals surface area (Å²) in [7, 11) is 0. The van der Waals surface area contributed by atoms with E-state index in [1.165, 1.54) is 6.08 Å². The Balaban J connectivity index is 2.47. The Hall–Kier alpha value is -1.90. The largest absolute Gasteiger partial charge is 0.293 e. The van der Waals surface area contributed by atoms with E-state index < -0.39 is 0 Å². The lowest BCUT2D eigenvalue weighted by Crippen LogP contribution is -2.30. The molecule has 0 aliphatic carbocycles. The Labute approximate surface area is 88.8 Å². The molecule has 0 saturated heterocycles. The fourth-order valence-corrected chi connectivity index (χ4v) is 1.16. The minimum Gasteiger partial charge on any atom is -0.293 e. The molecule has 2 amide bonds. The van der Waals surface area contributed by atoms with Gasteiger partial charge in [-0.3, -0.25) is 14.9 Å². The lowest BCUT2D eigenvalue weighted by molar-refractivity contribution is -0.127. The molecule has 0 saturated carbocycles. The molecule has 3 nitrogen and oxygen atoms in total. The van der Waals surface area contributed by atoms with E-state index >= 15 is 0 Å². The van der Waals surface area contributed by atoms with E-state index in [9.17, 15) is 9.59 Å². The SMILES string of the molecule is C/C=C/C(=O)NC(=O)Cc1ccccc1. The summed E-state index contributed by atoms with van der Waals surface area (Å²) < 4.78 is 0. The van der Waals surface area contributed by atoms with Crippen molar-refractivity contribution < 1.29 is 9.59 Å². The van der Waals surface area contributed by atoms with Crippen LogP contribution in [-0.2, 0) is 16.0 Å². The molecule has 0 spiro atoms. The number of amides is 2. The van der Waals surface area contributed by atoms with Gasteiger partial charge in [0.25, 0.3) is 0 Å². The summed E-state index contributed by atoms with van der Waals surface area (Å²) in [6, 6.07) is 9.29. The normalized spacial score (nSPS) is 10.2. The Morgan fingerprint density at radius 2 is 1.93 bits per heavy atom. The molecule has 0 heterocycles. The van der Waals surface area contributed by atoms with Crippen LogP contribution in [-0.4, -0.2) is 11.8 Å². The Kier molecular flexibility index (Phi) is 4.29. The molecule has 0 radical (unpaired) electrons. The van der Waals surface area contributed by atoms with E-state index in [1.54, 1.807) is 13.0 Å². The van der Waals surface area contributed by atoms with Crippen LogP contribution in [0, 0.1) is 0 Å². The highest BCUT2D eigenvalue weighted by Crippen LogP contribution is 1.98. The molecule has 1 rings (SSSR count). The lowest BCUT2D eigenvalue weighted by Gasteiger charge is -2.00. The van der Waals surface area contributed by atoms with Crippen molar-refractivity contribution in [2.45, 2.75) is 13.3 Å². The smallest absolute Gasteiger partial charge is 0.250 e. The minimum atomic E-state index is -0.376. The number of allylic oxidation sites excluding steroid dienone is 1. The van der Waals surface area contributed by atoms with Crippen LogP contribution >= 0.6 is 0 Å². The van der Waals surface area contributed by atoms with Gasteiger partial charge in [-0.1, -0.05) is 36.4 Å². The number of rotatable bonds is 3. The Morgan fingerprint density at radius 3 is 2.53 bits per heavy atom. The summed E-state index contributed by atoms with van der Waals surface area (Å²) in [5, 5.41) is 2.26. The highest BCUT2D eigenvalue weighted by Gasteiger charge is 2.05. The number of nitrogens with one attached hydrogen (secondary N) is 1. The van der Waals surface area contributed by atoms with Gasteiger partial charge < -0.3 is 0 Å². The van der Waals surface area contributed by atoms with E-state index in [2.05, 4.69) is 5.32 Å². The number of carbonyl (C=O) groups excluding carboxylic acids is 2. The molecule has 1 aromatic carbocycles. The fourth-order valence-electron chi connectivity index (χ4n) is 1.16. The molecule has 78 valence electrons. The zero-order chi connectivity index (χ0) is 11.1. The van der Waals surface area contributed by atoms with Gasteiger partial charge in [0.2, 0.25) is 11.8 Å². The van der Waals surface area contributed by atoms with Gasteiger partial charge in [-0.15, -0.1) is 0 Å². The number of hydrogen-bond acceptors (Lipinski definition) is 2. The number of benzene rings is 1. The van der Waals surface area contributed by atoms with Crippen molar-refractivity contribution in [2.24, 2.45) is 0 Å². The topological polar surface area (TPSA) is 46.2 Å². The second-order valence-electron chi connectivity index (χ2n) is 3.07. The van der Waals surface area contributed by atoms with Crippen LogP contribution in [0.1, 0.15) is 12.5 Å². The summed E-state index contributed by atoms with van der Waals surface area (Å²) in [6.45, 7) is 1.72. The van der Waals surface area contributed by atoms with Gasteiger partial charge in [-0.25, -0.2) is 0 Å². The molecule has 3 heteroatoms. The molecular weight excluding hydrogens is 190 g/mol. The maximum absolute atomic E-state index is 11.3. The average Bonchev–Trinajstić information content (AvgIpc) is 2.19. The zero-order valence-corrected chi connectivity index (χ0v) is 8.57. The van der Waals surface area contributed by atoms with Crippen molar-refractivity contribution in [2.75, 3.05) is 0 Å². The third-order valence-corrected chi connectivity index (χ3v) is 1.79. The molecule has 0 bridgehead atoms. The predicted molar refractivity (Wildman–Crippen MR) is 58.1 cm³/mol. The Morgan fingerprint density at radius 1 is 1.27 bits per heavy atom. The predicted octanol–water partition coefficient (Wildman–Crippen LogP) is 1.45. The molecule has 0 aliphatic heterocycles. The van der Waals surface area contributed by atoms with Crippen LogP contribution in [0.2, 0.25) is 0 Å². The zero-order valence-electron chi connectivity index (χ0n) is 8.57. The molecule has 0 atom stereocenters. The molecule has 0 aromatic heterocycles. The van der Waals surface area contributed by atoms with Gasteiger partial charge in [-0.2, -0.15) is 0 Å².